The smallest absolute Gasteiger partial charge is 0.158 e. The molecule has 92 valence electrons. The number of nitrogens with zero attached hydrogens (tertiary/aromatic N) is 3. The number of nitrogens with one attached hydrogen (secondary N) is 1. The Balaban J connectivity index is 1.80. The predicted molar refractivity (Wildman–Crippen MR) is 78.3 cm³/mol. The molecular formula is C13H8N4S2. The summed E-state index contributed by atoms with van der Waals surface area (Å²) in [6.45, 7) is 0. The molecule has 0 saturated heterocycles. The standard InChI is InChI=1S/C13H8N4S2/c1-3-14-5-10-9(1)15-12(16-10)11-7-19-13(17-11)8-2-4-18-6-8/h1-7H,(H,15,16). The molecule has 0 atom stereocenters. The number of thiophene rings is 1. The van der Waals surface area contributed by atoms with Crippen LogP contribution in [0.15, 0.2) is 40.7 Å². The van der Waals surface area contributed by atoms with E-state index in [1.54, 1.807) is 35.1 Å². The van der Waals surface area contributed by atoms with Crippen molar-refractivity contribution in [1.29, 1.82) is 0 Å². The van der Waals surface area contributed by atoms with Gasteiger partial charge in [-0.05, 0) is 17.5 Å². The second kappa shape index (κ2) is 4.25. The topological polar surface area (TPSA) is 54.5 Å². The molecule has 0 amide bonds. The first kappa shape index (κ1) is 10.8. The maximum atomic E-state index is 4.63. The van der Waals surface area contributed by atoms with Crippen LogP contribution in [0.4, 0.5) is 0 Å². The van der Waals surface area contributed by atoms with Crippen molar-refractivity contribution in [3.8, 4) is 22.1 Å². The molecule has 0 radical (unpaired) electrons. The number of aromatic amines is 1. The molecule has 4 aromatic rings. The van der Waals surface area contributed by atoms with Crippen LogP contribution < -0.4 is 0 Å². The zero-order valence-electron chi connectivity index (χ0n) is 9.70. The quantitative estimate of drug-likeness (QED) is 0.609. The summed E-state index contributed by atoms with van der Waals surface area (Å²) >= 11 is 3.31. The van der Waals surface area contributed by atoms with Crippen LogP contribution in [0, 0.1) is 0 Å². The largest absolute Gasteiger partial charge is 0.335 e. The molecule has 0 spiro atoms. The van der Waals surface area contributed by atoms with Crippen molar-refractivity contribution in [3.05, 3.63) is 40.7 Å². The molecule has 6 heteroatoms. The van der Waals surface area contributed by atoms with Crippen LogP contribution in [0.1, 0.15) is 0 Å². The summed E-state index contributed by atoms with van der Waals surface area (Å²) in [6.07, 6.45) is 3.52. The Morgan fingerprint density at radius 3 is 2.95 bits per heavy atom. The van der Waals surface area contributed by atoms with E-state index in [0.717, 1.165) is 27.6 Å². The minimum atomic E-state index is 0.792. The Bertz CT molecular complexity index is 796. The van der Waals surface area contributed by atoms with Crippen molar-refractivity contribution in [2.24, 2.45) is 0 Å². The van der Waals surface area contributed by atoms with Gasteiger partial charge in [0.25, 0.3) is 0 Å². The number of hydrogen-bond acceptors (Lipinski definition) is 5. The average Bonchev–Trinajstić information content (AvgIpc) is 3.17. The summed E-state index contributed by atoms with van der Waals surface area (Å²) in [4.78, 5) is 16.5. The van der Waals surface area contributed by atoms with Gasteiger partial charge >= 0.3 is 0 Å². The van der Waals surface area contributed by atoms with E-state index >= 15 is 0 Å². The van der Waals surface area contributed by atoms with Crippen LogP contribution in [0.5, 0.6) is 0 Å². The second-order valence-electron chi connectivity index (χ2n) is 4.03. The first-order valence-electron chi connectivity index (χ1n) is 5.68. The van der Waals surface area contributed by atoms with E-state index in [2.05, 4.69) is 36.8 Å². The zero-order chi connectivity index (χ0) is 12.7. The molecular weight excluding hydrogens is 276 g/mol. The molecule has 4 heterocycles. The van der Waals surface area contributed by atoms with Gasteiger partial charge in [0.1, 0.15) is 10.7 Å². The Kier molecular flexibility index (Phi) is 2.43. The van der Waals surface area contributed by atoms with Gasteiger partial charge in [-0.2, -0.15) is 11.3 Å². The van der Waals surface area contributed by atoms with E-state index in [1.165, 1.54) is 5.56 Å². The number of fused-ring (bicyclic) bond motifs is 1. The third-order valence-electron chi connectivity index (χ3n) is 2.80. The van der Waals surface area contributed by atoms with Crippen molar-refractivity contribution >= 4 is 33.7 Å². The van der Waals surface area contributed by atoms with Crippen molar-refractivity contribution < 1.29 is 0 Å². The highest BCUT2D eigenvalue weighted by molar-refractivity contribution is 7.14. The molecule has 0 saturated carbocycles. The van der Waals surface area contributed by atoms with Crippen molar-refractivity contribution in [2.45, 2.75) is 0 Å². The van der Waals surface area contributed by atoms with Gasteiger partial charge in [-0.15, -0.1) is 11.3 Å². The molecule has 0 aliphatic rings. The van der Waals surface area contributed by atoms with E-state index < -0.39 is 0 Å². The zero-order valence-corrected chi connectivity index (χ0v) is 11.3. The summed E-state index contributed by atoms with van der Waals surface area (Å²) in [6, 6.07) is 3.97. The highest BCUT2D eigenvalue weighted by Gasteiger charge is 2.10. The number of rotatable bonds is 2. The lowest BCUT2D eigenvalue weighted by atomic mass is 10.3. The van der Waals surface area contributed by atoms with E-state index in [-0.39, 0.29) is 0 Å². The minimum absolute atomic E-state index is 0.792. The highest BCUT2D eigenvalue weighted by Crippen LogP contribution is 2.29. The lowest BCUT2D eigenvalue weighted by Gasteiger charge is -1.88. The van der Waals surface area contributed by atoms with Crippen LogP contribution in [0.3, 0.4) is 0 Å². The lowest BCUT2D eigenvalue weighted by molar-refractivity contribution is 1.27. The van der Waals surface area contributed by atoms with Gasteiger partial charge in [-0.3, -0.25) is 4.98 Å². The van der Waals surface area contributed by atoms with Crippen LogP contribution in [0.2, 0.25) is 0 Å². The summed E-state index contributed by atoms with van der Waals surface area (Å²) < 4.78 is 0. The molecule has 0 aromatic carbocycles. The molecule has 0 aliphatic carbocycles. The fourth-order valence-corrected chi connectivity index (χ4v) is 3.40. The van der Waals surface area contributed by atoms with Gasteiger partial charge < -0.3 is 4.98 Å². The van der Waals surface area contributed by atoms with Crippen LogP contribution >= 0.6 is 22.7 Å². The maximum Gasteiger partial charge on any atom is 0.158 e. The number of hydrogen-bond donors (Lipinski definition) is 1. The molecule has 0 fully saturated rings. The van der Waals surface area contributed by atoms with E-state index in [0.29, 0.717) is 0 Å². The molecule has 0 aliphatic heterocycles. The molecule has 1 N–H and O–H groups in total. The minimum Gasteiger partial charge on any atom is -0.335 e. The molecule has 19 heavy (non-hydrogen) atoms. The summed E-state index contributed by atoms with van der Waals surface area (Å²) in [5, 5.41) is 7.21. The van der Waals surface area contributed by atoms with Gasteiger partial charge in [0, 0.05) is 22.5 Å². The Morgan fingerprint density at radius 2 is 2.11 bits per heavy atom. The fourth-order valence-electron chi connectivity index (χ4n) is 1.88. The normalized spacial score (nSPS) is 11.2. The van der Waals surface area contributed by atoms with Crippen molar-refractivity contribution in [1.82, 2.24) is 19.9 Å². The third kappa shape index (κ3) is 1.85. The predicted octanol–water partition coefficient (Wildman–Crippen LogP) is 3.81. The number of thiazole rings is 1. The van der Waals surface area contributed by atoms with Crippen LogP contribution in [-0.2, 0) is 0 Å². The first-order chi connectivity index (χ1) is 9.40. The van der Waals surface area contributed by atoms with Gasteiger partial charge in [0.2, 0.25) is 0 Å². The summed E-state index contributed by atoms with van der Waals surface area (Å²) in [5.74, 6) is 0.792. The van der Waals surface area contributed by atoms with Gasteiger partial charge in [0.15, 0.2) is 5.82 Å². The van der Waals surface area contributed by atoms with E-state index in [4.69, 9.17) is 0 Å². The third-order valence-corrected chi connectivity index (χ3v) is 4.37. The molecule has 4 aromatic heterocycles. The number of pyridine rings is 1. The van der Waals surface area contributed by atoms with Crippen molar-refractivity contribution in [2.75, 3.05) is 0 Å². The fraction of sp³-hybridized carbons (Fsp3) is 0. The molecule has 0 bridgehead atoms. The molecule has 4 nitrogen and oxygen atoms in total. The average molecular weight is 284 g/mol. The van der Waals surface area contributed by atoms with Gasteiger partial charge in [-0.1, -0.05) is 0 Å². The van der Waals surface area contributed by atoms with E-state index in [9.17, 15) is 0 Å². The van der Waals surface area contributed by atoms with Crippen LogP contribution in [0.25, 0.3) is 33.1 Å². The van der Waals surface area contributed by atoms with Crippen LogP contribution in [-0.4, -0.2) is 19.9 Å². The lowest BCUT2D eigenvalue weighted by Crippen LogP contribution is -1.80. The number of aromatic nitrogens is 4. The SMILES string of the molecule is c1cc2nc(-c3csc(-c4ccsc4)n3)[nH]c2cn1. The Morgan fingerprint density at radius 1 is 1.11 bits per heavy atom. The van der Waals surface area contributed by atoms with Gasteiger partial charge in [0.05, 0.1) is 17.2 Å². The highest BCUT2D eigenvalue weighted by atomic mass is 32.1. The van der Waals surface area contributed by atoms with Crippen molar-refractivity contribution in [3.63, 3.8) is 0 Å². The summed E-state index contributed by atoms with van der Waals surface area (Å²) in [5.41, 5.74) is 3.89. The van der Waals surface area contributed by atoms with E-state index in [1.807, 2.05) is 11.4 Å². The maximum absolute atomic E-state index is 4.63. The monoisotopic (exact) mass is 284 g/mol. The Hall–Kier alpha value is -2.05. The first-order valence-corrected chi connectivity index (χ1v) is 7.50. The second-order valence-corrected chi connectivity index (χ2v) is 5.67. The number of imidazole rings is 1. The summed E-state index contributed by atoms with van der Waals surface area (Å²) in [7, 11) is 0. The molecule has 4 rings (SSSR count). The Labute approximate surface area is 116 Å². The molecule has 0 unspecified atom stereocenters. The van der Waals surface area contributed by atoms with Gasteiger partial charge in [-0.25, -0.2) is 9.97 Å². The number of H-pyrrole nitrogens is 1.